The number of aromatic nitrogens is 3. The highest BCUT2D eigenvalue weighted by atomic mass is 32.1. The van der Waals surface area contributed by atoms with Crippen LogP contribution in [0.4, 0.5) is 15.7 Å². The number of likely N-dealkylation sites (tertiary alicyclic amines) is 1. The van der Waals surface area contributed by atoms with Gasteiger partial charge >= 0.3 is 6.09 Å². The van der Waals surface area contributed by atoms with E-state index in [0.717, 1.165) is 65.9 Å². The number of benzene rings is 1. The van der Waals surface area contributed by atoms with Gasteiger partial charge in [0.1, 0.15) is 11.4 Å². The Labute approximate surface area is 247 Å². The fraction of sp³-hybridized carbons (Fsp3) is 0.586. The maximum absolute atomic E-state index is 12.8. The monoisotopic (exact) mass is 600 g/mol. The lowest BCUT2D eigenvalue weighted by molar-refractivity contribution is -0.121. The lowest BCUT2D eigenvalue weighted by atomic mass is 9.87. The molecule has 2 N–H and O–H groups in total. The molecule has 1 saturated heterocycles. The maximum Gasteiger partial charge on any atom is 0.410 e. The van der Waals surface area contributed by atoms with Crippen molar-refractivity contribution in [2.75, 3.05) is 23.7 Å². The van der Waals surface area contributed by atoms with Gasteiger partial charge in [-0.25, -0.2) is 9.78 Å². The van der Waals surface area contributed by atoms with Crippen LogP contribution in [-0.2, 0) is 15.8 Å². The molecule has 2 atom stereocenters. The van der Waals surface area contributed by atoms with Crippen LogP contribution in [0.3, 0.4) is 0 Å². The normalized spacial score (nSPS) is 21.5. The molecule has 0 spiro atoms. The molecule has 3 heterocycles. The molecule has 1 aliphatic carbocycles. The molecular weight excluding hydrogens is 559 g/mol. The van der Waals surface area contributed by atoms with Gasteiger partial charge in [0.05, 0.1) is 23.3 Å². The van der Waals surface area contributed by atoms with Crippen molar-refractivity contribution in [1.29, 1.82) is 0 Å². The first kappa shape index (κ1) is 29.6. The third-order valence-electron chi connectivity index (χ3n) is 7.52. The second-order valence-electron chi connectivity index (χ2n) is 11.9. The summed E-state index contributed by atoms with van der Waals surface area (Å²) in [5.41, 5.74) is 0.465. The van der Waals surface area contributed by atoms with Gasteiger partial charge in [-0.3, -0.25) is 9.48 Å². The molecule has 222 valence electrons. The van der Waals surface area contributed by atoms with Crippen LogP contribution < -0.4 is 15.4 Å². The quantitative estimate of drug-likeness (QED) is 0.319. The SMILES string of the molecule is Cc1cnc(NC(=O)C2CCC(Oc3cccc4c3c(N[C@@H]3CCCN(C(=O)OC(C)(C)C)C3)nn4CP)CC2)s1. The Hall–Kier alpha value is -2.91. The molecular formula is C29H41N6O4PS. The van der Waals surface area contributed by atoms with Crippen LogP contribution >= 0.6 is 20.6 Å². The van der Waals surface area contributed by atoms with Crippen LogP contribution in [0.25, 0.3) is 10.9 Å². The van der Waals surface area contributed by atoms with Crippen LogP contribution in [0.5, 0.6) is 5.75 Å². The third-order valence-corrected chi connectivity index (χ3v) is 8.69. The van der Waals surface area contributed by atoms with Crippen molar-refractivity contribution in [3.63, 3.8) is 0 Å². The minimum Gasteiger partial charge on any atom is -0.490 e. The highest BCUT2D eigenvalue weighted by Gasteiger charge is 2.31. The maximum atomic E-state index is 12.8. The Morgan fingerprint density at radius 3 is 2.63 bits per heavy atom. The average molecular weight is 601 g/mol. The van der Waals surface area contributed by atoms with E-state index in [1.54, 1.807) is 11.1 Å². The van der Waals surface area contributed by atoms with Gasteiger partial charge in [-0.05, 0) is 78.4 Å². The summed E-state index contributed by atoms with van der Waals surface area (Å²) in [5.74, 6) is 1.56. The van der Waals surface area contributed by atoms with Gasteiger partial charge in [-0.2, -0.15) is 5.10 Å². The standard InChI is InChI=1S/C29H41N6O4PS/c1-18-15-30-27(41-18)32-26(36)19-10-12-21(13-11-19)38-23-9-5-8-22-24(23)25(33-35(22)17-40)31-20-7-6-14-34(16-20)28(37)39-29(2,3)4/h5,8-9,15,19-21H,6-7,10-14,16-17,40H2,1-4H3,(H,31,33)(H,30,32,36)/t19?,20-,21?/m1/s1. The fourth-order valence-corrected chi connectivity index (χ4v) is 6.50. The van der Waals surface area contributed by atoms with Crippen molar-refractivity contribution in [1.82, 2.24) is 19.7 Å². The smallest absolute Gasteiger partial charge is 0.410 e. The molecule has 1 aliphatic heterocycles. The highest BCUT2D eigenvalue weighted by molar-refractivity contribution is 7.15. The minimum absolute atomic E-state index is 0.0244. The van der Waals surface area contributed by atoms with Gasteiger partial charge in [-0.15, -0.1) is 20.6 Å². The van der Waals surface area contributed by atoms with Crippen LogP contribution in [0.1, 0.15) is 64.2 Å². The van der Waals surface area contributed by atoms with Crippen LogP contribution in [-0.4, -0.2) is 62.5 Å². The van der Waals surface area contributed by atoms with E-state index >= 15 is 0 Å². The van der Waals surface area contributed by atoms with Crippen LogP contribution in [0, 0.1) is 12.8 Å². The van der Waals surface area contributed by atoms with Crippen LogP contribution in [0.2, 0.25) is 0 Å². The van der Waals surface area contributed by atoms with E-state index in [2.05, 4.69) is 30.9 Å². The second kappa shape index (κ2) is 12.5. The van der Waals surface area contributed by atoms with Crippen molar-refractivity contribution < 1.29 is 19.1 Å². The van der Waals surface area contributed by atoms with Gasteiger partial charge in [-0.1, -0.05) is 6.07 Å². The van der Waals surface area contributed by atoms with Crippen molar-refractivity contribution >= 4 is 54.4 Å². The lowest BCUT2D eigenvalue weighted by Crippen LogP contribution is -2.47. The summed E-state index contributed by atoms with van der Waals surface area (Å²) < 4.78 is 14.2. The largest absolute Gasteiger partial charge is 0.490 e. The number of carbonyl (C=O) groups is 2. The number of hydrogen-bond donors (Lipinski definition) is 2. The van der Waals surface area contributed by atoms with E-state index in [9.17, 15) is 9.59 Å². The first-order valence-electron chi connectivity index (χ1n) is 14.4. The predicted molar refractivity (Wildman–Crippen MR) is 166 cm³/mol. The summed E-state index contributed by atoms with van der Waals surface area (Å²) >= 11 is 1.50. The number of thiazole rings is 1. The molecule has 0 bridgehead atoms. The summed E-state index contributed by atoms with van der Waals surface area (Å²) in [7, 11) is 2.74. The Bertz CT molecular complexity index is 1380. The molecule has 12 heteroatoms. The van der Waals surface area contributed by atoms with E-state index in [-0.39, 0.29) is 30.1 Å². The molecule has 1 unspecified atom stereocenters. The number of aryl methyl sites for hydroxylation is 1. The van der Waals surface area contributed by atoms with E-state index in [1.165, 1.54) is 11.3 Å². The number of piperidine rings is 1. The fourth-order valence-electron chi connectivity index (χ4n) is 5.56. The minimum atomic E-state index is -0.527. The summed E-state index contributed by atoms with van der Waals surface area (Å²) in [6.45, 7) is 8.88. The highest BCUT2D eigenvalue weighted by Crippen LogP contribution is 2.37. The molecule has 41 heavy (non-hydrogen) atoms. The summed E-state index contributed by atoms with van der Waals surface area (Å²) in [6, 6.07) is 6.11. The molecule has 1 aromatic carbocycles. The van der Waals surface area contributed by atoms with Crippen LogP contribution in [0.15, 0.2) is 24.4 Å². The van der Waals surface area contributed by atoms with Crippen molar-refractivity contribution in [2.24, 2.45) is 5.92 Å². The van der Waals surface area contributed by atoms with Crippen molar-refractivity contribution in [3.05, 3.63) is 29.3 Å². The molecule has 10 nitrogen and oxygen atoms in total. The molecule has 2 aliphatic rings. The second-order valence-corrected chi connectivity index (χ2v) is 13.5. The van der Waals surface area contributed by atoms with E-state index in [1.807, 2.05) is 44.5 Å². The number of carbonyl (C=O) groups excluding carboxylic acids is 2. The number of hydrogen-bond acceptors (Lipinski definition) is 8. The van der Waals surface area contributed by atoms with E-state index in [4.69, 9.17) is 14.6 Å². The van der Waals surface area contributed by atoms with E-state index < -0.39 is 5.60 Å². The summed E-state index contributed by atoms with van der Waals surface area (Å²) in [4.78, 5) is 32.6. The molecule has 2 aromatic heterocycles. The number of nitrogens with one attached hydrogen (secondary N) is 2. The van der Waals surface area contributed by atoms with Gasteiger partial charge in [0.25, 0.3) is 0 Å². The molecule has 5 rings (SSSR count). The van der Waals surface area contributed by atoms with Crippen molar-refractivity contribution in [2.45, 2.75) is 90.3 Å². The number of rotatable bonds is 7. The topological polar surface area (TPSA) is 111 Å². The summed E-state index contributed by atoms with van der Waals surface area (Å²) in [5, 5.41) is 13.1. The molecule has 2 fully saturated rings. The number of nitrogens with zero attached hydrogens (tertiary/aromatic N) is 4. The number of fused-ring (bicyclic) bond motifs is 1. The van der Waals surface area contributed by atoms with Gasteiger partial charge in [0, 0.05) is 36.1 Å². The molecule has 3 aromatic rings. The summed E-state index contributed by atoms with van der Waals surface area (Å²) in [6.07, 6.45) is 7.15. The average Bonchev–Trinajstić information content (AvgIpc) is 3.51. The first-order chi connectivity index (χ1) is 19.6. The molecule has 0 radical (unpaired) electrons. The zero-order valence-corrected chi connectivity index (χ0v) is 26.3. The molecule has 1 saturated carbocycles. The number of anilines is 2. The zero-order valence-electron chi connectivity index (χ0n) is 24.3. The Kier molecular flexibility index (Phi) is 9.04. The third kappa shape index (κ3) is 7.30. The Balaban J connectivity index is 1.26. The van der Waals surface area contributed by atoms with Crippen molar-refractivity contribution in [3.8, 4) is 5.75 Å². The van der Waals surface area contributed by atoms with E-state index in [0.29, 0.717) is 24.5 Å². The molecule has 2 amide bonds. The Morgan fingerprint density at radius 1 is 1.17 bits per heavy atom. The van der Waals surface area contributed by atoms with Gasteiger partial charge < -0.3 is 25.0 Å². The van der Waals surface area contributed by atoms with Gasteiger partial charge in [0.2, 0.25) is 5.91 Å². The zero-order chi connectivity index (χ0) is 29.1. The number of amides is 2. The lowest BCUT2D eigenvalue weighted by Gasteiger charge is -2.34. The first-order valence-corrected chi connectivity index (χ1v) is 16.1. The predicted octanol–water partition coefficient (Wildman–Crippen LogP) is 6.02. The van der Waals surface area contributed by atoms with Gasteiger partial charge in [0.15, 0.2) is 10.9 Å². The Morgan fingerprint density at radius 2 is 1.95 bits per heavy atom. The number of ether oxygens (including phenoxy) is 2.